The summed E-state index contributed by atoms with van der Waals surface area (Å²) in [5, 5.41) is 0.437. The van der Waals surface area contributed by atoms with Gasteiger partial charge in [-0.1, -0.05) is 18.2 Å². The van der Waals surface area contributed by atoms with E-state index in [1.165, 1.54) is 21.3 Å². The van der Waals surface area contributed by atoms with E-state index in [1.807, 2.05) is 0 Å². The molecule has 0 radical (unpaired) electrons. The number of ether oxygens (including phenoxy) is 1. The molecule has 11 heteroatoms. The van der Waals surface area contributed by atoms with E-state index < -0.39 is 28.5 Å². The molecule has 1 fully saturated rings. The van der Waals surface area contributed by atoms with Gasteiger partial charge in [0.1, 0.15) is 5.82 Å². The zero-order chi connectivity index (χ0) is 24.6. The first kappa shape index (κ1) is 23.2. The van der Waals surface area contributed by atoms with Crippen LogP contribution in [0, 0.1) is 0 Å². The van der Waals surface area contributed by atoms with Crippen molar-refractivity contribution in [1.29, 1.82) is 0 Å². The molecule has 5 rings (SSSR count). The Hall–Kier alpha value is -3.57. The molecule has 3 aromatic rings. The largest absolute Gasteiger partial charge is 0.452 e. The van der Waals surface area contributed by atoms with Crippen molar-refractivity contribution in [3.63, 3.8) is 0 Å². The Kier molecular flexibility index (Phi) is 6.12. The van der Waals surface area contributed by atoms with Crippen molar-refractivity contribution in [2.45, 2.75) is 24.3 Å². The molecular weight excluding hydrogens is 472 g/mol. The molecule has 3 heterocycles. The van der Waals surface area contributed by atoms with E-state index >= 15 is 0 Å². The maximum absolute atomic E-state index is 12.7. The van der Waals surface area contributed by atoms with Crippen molar-refractivity contribution in [3.8, 4) is 0 Å². The summed E-state index contributed by atoms with van der Waals surface area (Å²) < 4.78 is 33.7. The molecule has 1 amide bonds. The number of hydrogen-bond acceptors (Lipinski definition) is 7. The third-order valence-corrected chi connectivity index (χ3v) is 8.26. The number of rotatable bonds is 5. The molecule has 2 aliphatic rings. The van der Waals surface area contributed by atoms with Crippen molar-refractivity contribution < 1.29 is 22.7 Å². The highest BCUT2D eigenvalue weighted by Gasteiger charge is 2.30. The number of aryl methyl sites for hydroxylation is 1. The molecule has 2 aliphatic heterocycles. The van der Waals surface area contributed by atoms with Gasteiger partial charge in [0.05, 0.1) is 21.4 Å². The van der Waals surface area contributed by atoms with E-state index in [0.717, 1.165) is 6.42 Å². The van der Waals surface area contributed by atoms with Gasteiger partial charge in [0, 0.05) is 39.1 Å². The van der Waals surface area contributed by atoms with Gasteiger partial charge in [-0.05, 0) is 36.8 Å². The average molecular weight is 497 g/mol. The molecule has 1 saturated heterocycles. The molecule has 0 unspecified atom stereocenters. The summed E-state index contributed by atoms with van der Waals surface area (Å²) >= 11 is 0. The summed E-state index contributed by atoms with van der Waals surface area (Å²) in [6, 6.07) is 12.7. The Balaban J connectivity index is 1.19. The van der Waals surface area contributed by atoms with Gasteiger partial charge < -0.3 is 9.64 Å². The van der Waals surface area contributed by atoms with Crippen LogP contribution in [0.4, 0.5) is 0 Å². The first-order valence-electron chi connectivity index (χ1n) is 11.4. The number of carbonyl (C=O) groups excluding carboxylic acids is 2. The number of esters is 1. The van der Waals surface area contributed by atoms with Gasteiger partial charge in [0.15, 0.2) is 6.61 Å². The highest BCUT2D eigenvalue weighted by molar-refractivity contribution is 7.89. The van der Waals surface area contributed by atoms with Crippen LogP contribution in [0.15, 0.2) is 58.2 Å². The third-order valence-electron chi connectivity index (χ3n) is 6.35. The lowest BCUT2D eigenvalue weighted by molar-refractivity contribution is -0.135. The third kappa shape index (κ3) is 4.44. The van der Waals surface area contributed by atoms with Crippen LogP contribution >= 0.6 is 0 Å². The minimum Gasteiger partial charge on any atom is -0.452 e. The molecule has 0 N–H and O–H groups in total. The molecule has 182 valence electrons. The fourth-order valence-electron chi connectivity index (χ4n) is 4.43. The van der Waals surface area contributed by atoms with Crippen molar-refractivity contribution in [3.05, 3.63) is 70.3 Å². The van der Waals surface area contributed by atoms with Gasteiger partial charge in [-0.2, -0.15) is 4.31 Å². The van der Waals surface area contributed by atoms with Crippen molar-refractivity contribution in [2.75, 3.05) is 32.8 Å². The molecule has 0 atom stereocenters. The zero-order valence-corrected chi connectivity index (χ0v) is 19.7. The fraction of sp³-hybridized carbons (Fsp3) is 0.333. The number of piperazine rings is 1. The molecule has 1 aromatic heterocycles. The molecular formula is C24H24N4O6S. The second-order valence-corrected chi connectivity index (χ2v) is 10.4. The standard InChI is InChI=1S/C24H24N4O6S/c29-22(26-11-13-27(14-12-26)35(32,33)18-5-2-1-3-6-18)16-34-24(31)17-8-9-19-20(15-17)25-21-7-4-10-28(21)23(19)30/h1-3,5-6,8-9,15H,4,7,10-14,16H2. The zero-order valence-electron chi connectivity index (χ0n) is 18.9. The second kappa shape index (κ2) is 9.23. The summed E-state index contributed by atoms with van der Waals surface area (Å²) in [5.41, 5.74) is 0.518. The SMILES string of the molecule is O=C(OCC(=O)N1CCN(S(=O)(=O)c2ccccc2)CC1)c1ccc2c(=O)n3c(nc2c1)CCC3. The lowest BCUT2D eigenvalue weighted by atomic mass is 10.1. The quantitative estimate of drug-likeness (QED) is 0.484. The first-order valence-corrected chi connectivity index (χ1v) is 12.8. The minimum atomic E-state index is -3.62. The maximum Gasteiger partial charge on any atom is 0.338 e. The molecule has 2 aromatic carbocycles. The lowest BCUT2D eigenvalue weighted by Gasteiger charge is -2.33. The molecule has 0 bridgehead atoms. The van der Waals surface area contributed by atoms with Crippen LogP contribution in [0.25, 0.3) is 10.9 Å². The van der Waals surface area contributed by atoms with E-state index in [1.54, 1.807) is 41.0 Å². The van der Waals surface area contributed by atoms with Crippen LogP contribution in [0.1, 0.15) is 22.6 Å². The minimum absolute atomic E-state index is 0.119. The number of hydrogen-bond donors (Lipinski definition) is 0. The van der Waals surface area contributed by atoms with Crippen LogP contribution in [-0.4, -0.2) is 71.8 Å². The Labute approximate surface area is 201 Å². The van der Waals surface area contributed by atoms with E-state index in [0.29, 0.717) is 29.7 Å². The Bertz CT molecular complexity index is 1460. The summed E-state index contributed by atoms with van der Waals surface area (Å²) in [6.07, 6.45) is 1.58. The molecule has 35 heavy (non-hydrogen) atoms. The van der Waals surface area contributed by atoms with Crippen molar-refractivity contribution >= 4 is 32.8 Å². The average Bonchev–Trinajstić information content (AvgIpc) is 3.36. The Morgan fingerprint density at radius 1 is 0.971 bits per heavy atom. The van der Waals surface area contributed by atoms with E-state index in [9.17, 15) is 22.8 Å². The number of fused-ring (bicyclic) bond motifs is 2. The van der Waals surface area contributed by atoms with Gasteiger partial charge in [-0.3, -0.25) is 14.2 Å². The van der Waals surface area contributed by atoms with Crippen molar-refractivity contribution in [2.24, 2.45) is 0 Å². The predicted octanol–water partition coefficient (Wildman–Crippen LogP) is 1.03. The van der Waals surface area contributed by atoms with E-state index in [-0.39, 0.29) is 42.2 Å². The van der Waals surface area contributed by atoms with Crippen LogP contribution < -0.4 is 5.56 Å². The van der Waals surface area contributed by atoms with Gasteiger partial charge in [0.25, 0.3) is 11.5 Å². The lowest BCUT2D eigenvalue weighted by Crippen LogP contribution is -2.51. The smallest absolute Gasteiger partial charge is 0.338 e. The topological polar surface area (TPSA) is 119 Å². The van der Waals surface area contributed by atoms with Crippen LogP contribution in [-0.2, 0) is 32.5 Å². The second-order valence-electron chi connectivity index (χ2n) is 8.49. The molecule has 10 nitrogen and oxygen atoms in total. The number of aromatic nitrogens is 2. The normalized spacial score (nSPS) is 16.3. The van der Waals surface area contributed by atoms with Gasteiger partial charge in [-0.15, -0.1) is 0 Å². The monoisotopic (exact) mass is 496 g/mol. The van der Waals surface area contributed by atoms with E-state index in [4.69, 9.17) is 4.74 Å². The molecule has 0 aliphatic carbocycles. The summed E-state index contributed by atoms with van der Waals surface area (Å²) in [6.45, 7) is 0.924. The van der Waals surface area contributed by atoms with Gasteiger partial charge in [-0.25, -0.2) is 18.2 Å². The maximum atomic E-state index is 12.7. The number of sulfonamides is 1. The number of nitrogens with zero attached hydrogens (tertiary/aromatic N) is 4. The predicted molar refractivity (Wildman–Crippen MR) is 126 cm³/mol. The highest BCUT2D eigenvalue weighted by Crippen LogP contribution is 2.18. The number of carbonyl (C=O) groups is 2. The van der Waals surface area contributed by atoms with Crippen molar-refractivity contribution in [1.82, 2.24) is 18.8 Å². The Morgan fingerprint density at radius 2 is 1.71 bits per heavy atom. The summed E-state index contributed by atoms with van der Waals surface area (Å²) in [4.78, 5) is 43.9. The summed E-state index contributed by atoms with van der Waals surface area (Å²) in [7, 11) is -3.62. The highest BCUT2D eigenvalue weighted by atomic mass is 32.2. The first-order chi connectivity index (χ1) is 16.8. The molecule has 0 spiro atoms. The van der Waals surface area contributed by atoms with Crippen LogP contribution in [0.2, 0.25) is 0 Å². The fourth-order valence-corrected chi connectivity index (χ4v) is 5.88. The molecule has 0 saturated carbocycles. The Morgan fingerprint density at radius 3 is 2.46 bits per heavy atom. The number of amides is 1. The van der Waals surface area contributed by atoms with Crippen LogP contribution in [0.5, 0.6) is 0 Å². The van der Waals surface area contributed by atoms with Gasteiger partial charge in [0.2, 0.25) is 10.0 Å². The van der Waals surface area contributed by atoms with Crippen LogP contribution in [0.3, 0.4) is 0 Å². The number of benzene rings is 2. The van der Waals surface area contributed by atoms with E-state index in [2.05, 4.69) is 4.98 Å². The van der Waals surface area contributed by atoms with Gasteiger partial charge >= 0.3 is 5.97 Å². The summed E-state index contributed by atoms with van der Waals surface area (Å²) in [5.74, 6) is -0.380.